The molecule has 1 fully saturated rings. The lowest BCUT2D eigenvalue weighted by Gasteiger charge is -2.21. The van der Waals surface area contributed by atoms with E-state index in [0.29, 0.717) is 12.5 Å². The van der Waals surface area contributed by atoms with Crippen LogP contribution in [0, 0.1) is 5.92 Å². The molecule has 1 N–H and O–H groups in total. The maximum absolute atomic E-state index is 5.16. The van der Waals surface area contributed by atoms with E-state index in [1.54, 1.807) is 7.11 Å². The highest BCUT2D eigenvalue weighted by molar-refractivity contribution is 9.10. The van der Waals surface area contributed by atoms with Gasteiger partial charge in [0, 0.05) is 13.0 Å². The first-order valence-electron chi connectivity index (χ1n) is 6.62. The Balaban J connectivity index is 2.17. The molecule has 102 valence electrons. The van der Waals surface area contributed by atoms with Gasteiger partial charge in [-0.05, 0) is 48.3 Å². The molecular weight excluding hydrogens is 294 g/mol. The summed E-state index contributed by atoms with van der Waals surface area (Å²) in [6.45, 7) is 2.64. The minimum absolute atomic E-state index is 0.617. The topological polar surface area (TPSA) is 39.1 Å². The Labute approximate surface area is 117 Å². The van der Waals surface area contributed by atoms with E-state index < -0.39 is 0 Å². The number of hydrogen-bond donors (Lipinski definition) is 1. The second kappa shape index (κ2) is 6.68. The predicted octanol–water partition coefficient (Wildman–Crippen LogP) is 2.40. The molecule has 1 saturated carbocycles. The normalized spacial score (nSPS) is 23.7. The monoisotopic (exact) mass is 315 g/mol. The van der Waals surface area contributed by atoms with Crippen LogP contribution in [0.15, 0.2) is 10.7 Å². The molecule has 0 aliphatic heterocycles. The average Bonchev–Trinajstić information content (AvgIpc) is 2.94. The Morgan fingerprint density at radius 3 is 3.11 bits per heavy atom. The van der Waals surface area contributed by atoms with E-state index in [-0.39, 0.29) is 0 Å². The minimum Gasteiger partial charge on any atom is -0.383 e. The summed E-state index contributed by atoms with van der Waals surface area (Å²) in [5, 5.41) is 7.78. The summed E-state index contributed by atoms with van der Waals surface area (Å²) in [6, 6.07) is 0. The third-order valence-electron chi connectivity index (χ3n) is 3.82. The van der Waals surface area contributed by atoms with Crippen LogP contribution in [0.3, 0.4) is 0 Å². The summed E-state index contributed by atoms with van der Waals surface area (Å²) in [6.07, 6.45) is 5.82. The summed E-state index contributed by atoms with van der Waals surface area (Å²) in [5.74, 6) is 1.34. The number of rotatable bonds is 6. The van der Waals surface area contributed by atoms with E-state index in [4.69, 9.17) is 4.74 Å². The van der Waals surface area contributed by atoms with Crippen molar-refractivity contribution in [3.63, 3.8) is 0 Å². The van der Waals surface area contributed by atoms with Crippen LogP contribution < -0.4 is 5.32 Å². The zero-order valence-corrected chi connectivity index (χ0v) is 12.7. The third kappa shape index (κ3) is 2.95. The van der Waals surface area contributed by atoms with Gasteiger partial charge in [-0.25, -0.2) is 0 Å². The van der Waals surface area contributed by atoms with Crippen molar-refractivity contribution in [3.8, 4) is 0 Å². The largest absolute Gasteiger partial charge is 0.383 e. The quantitative estimate of drug-likeness (QED) is 0.876. The van der Waals surface area contributed by atoms with Crippen molar-refractivity contribution in [2.24, 2.45) is 5.92 Å². The Morgan fingerprint density at radius 2 is 2.39 bits per heavy atom. The van der Waals surface area contributed by atoms with Gasteiger partial charge in [0.25, 0.3) is 0 Å². The van der Waals surface area contributed by atoms with Crippen LogP contribution in [0.1, 0.15) is 30.9 Å². The average molecular weight is 316 g/mol. The summed E-state index contributed by atoms with van der Waals surface area (Å²) in [5.41, 5.74) is 1.35. The van der Waals surface area contributed by atoms with Crippen LogP contribution in [0.25, 0.3) is 0 Å². The molecule has 1 aromatic heterocycles. The summed E-state index contributed by atoms with van der Waals surface area (Å²) < 4.78 is 8.41. The smallest absolute Gasteiger partial charge is 0.0658 e. The van der Waals surface area contributed by atoms with Crippen LogP contribution in [0.5, 0.6) is 0 Å². The number of hydrogen-bond acceptors (Lipinski definition) is 3. The van der Waals surface area contributed by atoms with Crippen molar-refractivity contribution in [2.45, 2.75) is 31.7 Å². The zero-order valence-electron chi connectivity index (χ0n) is 11.2. The standard InChI is InChI=1S/C13H22BrN3O/c1-15-8-10-4-3-5-11(10)13-12(14)9-16-17(13)6-7-18-2/h9-11,15H,3-8H2,1-2H3. The molecule has 1 heterocycles. The van der Waals surface area contributed by atoms with Crippen molar-refractivity contribution in [1.82, 2.24) is 15.1 Å². The van der Waals surface area contributed by atoms with Crippen LogP contribution in [-0.2, 0) is 11.3 Å². The van der Waals surface area contributed by atoms with Crippen molar-refractivity contribution >= 4 is 15.9 Å². The van der Waals surface area contributed by atoms with E-state index >= 15 is 0 Å². The molecule has 1 aliphatic carbocycles. The van der Waals surface area contributed by atoms with E-state index in [1.165, 1.54) is 25.0 Å². The number of aromatic nitrogens is 2. The third-order valence-corrected chi connectivity index (χ3v) is 4.43. The van der Waals surface area contributed by atoms with E-state index in [0.717, 1.165) is 23.5 Å². The van der Waals surface area contributed by atoms with Crippen molar-refractivity contribution in [3.05, 3.63) is 16.4 Å². The number of ether oxygens (including phenoxy) is 1. The predicted molar refractivity (Wildman–Crippen MR) is 75.8 cm³/mol. The molecule has 0 spiro atoms. The first-order valence-corrected chi connectivity index (χ1v) is 7.42. The SMILES string of the molecule is CNCC1CCCC1c1c(Br)cnn1CCOC. The van der Waals surface area contributed by atoms with Crippen LogP contribution in [0.2, 0.25) is 0 Å². The van der Waals surface area contributed by atoms with Gasteiger partial charge in [-0.2, -0.15) is 5.10 Å². The summed E-state index contributed by atoms with van der Waals surface area (Å²) in [7, 11) is 3.77. The number of methoxy groups -OCH3 is 1. The molecule has 0 radical (unpaired) electrons. The summed E-state index contributed by atoms with van der Waals surface area (Å²) in [4.78, 5) is 0. The molecule has 1 aliphatic rings. The highest BCUT2D eigenvalue weighted by Crippen LogP contribution is 2.41. The first-order chi connectivity index (χ1) is 8.77. The molecule has 5 heteroatoms. The fraction of sp³-hybridized carbons (Fsp3) is 0.769. The van der Waals surface area contributed by atoms with Crippen molar-refractivity contribution in [2.75, 3.05) is 27.3 Å². The number of nitrogens with one attached hydrogen (secondary N) is 1. The van der Waals surface area contributed by atoms with Gasteiger partial charge in [0.1, 0.15) is 0 Å². The van der Waals surface area contributed by atoms with E-state index in [1.807, 2.05) is 13.2 Å². The van der Waals surface area contributed by atoms with Crippen molar-refractivity contribution < 1.29 is 4.74 Å². The molecule has 2 atom stereocenters. The van der Waals surface area contributed by atoms with Crippen LogP contribution >= 0.6 is 15.9 Å². The van der Waals surface area contributed by atoms with Crippen molar-refractivity contribution in [1.29, 1.82) is 0 Å². The minimum atomic E-state index is 0.617. The van der Waals surface area contributed by atoms with E-state index in [2.05, 4.69) is 31.0 Å². The molecule has 1 aromatic rings. The highest BCUT2D eigenvalue weighted by atomic mass is 79.9. The van der Waals surface area contributed by atoms with Gasteiger partial charge in [0.15, 0.2) is 0 Å². The molecule has 18 heavy (non-hydrogen) atoms. The number of halogens is 1. The van der Waals surface area contributed by atoms with Gasteiger partial charge in [0.05, 0.1) is 29.5 Å². The molecule has 0 aromatic carbocycles. The van der Waals surface area contributed by atoms with Gasteiger partial charge >= 0.3 is 0 Å². The lowest BCUT2D eigenvalue weighted by molar-refractivity contribution is 0.181. The molecule has 4 nitrogen and oxygen atoms in total. The van der Waals surface area contributed by atoms with Gasteiger partial charge in [-0.1, -0.05) is 6.42 Å². The van der Waals surface area contributed by atoms with Gasteiger partial charge in [0.2, 0.25) is 0 Å². The first kappa shape index (κ1) is 14.0. The lowest BCUT2D eigenvalue weighted by Crippen LogP contribution is -2.23. The second-order valence-corrected chi connectivity index (χ2v) is 5.80. The van der Waals surface area contributed by atoms with Gasteiger partial charge in [-0.3, -0.25) is 4.68 Å². The maximum atomic E-state index is 5.16. The number of nitrogens with zero attached hydrogens (tertiary/aromatic N) is 2. The van der Waals surface area contributed by atoms with Crippen LogP contribution in [0.4, 0.5) is 0 Å². The second-order valence-electron chi connectivity index (χ2n) is 4.95. The van der Waals surface area contributed by atoms with Gasteiger partial charge < -0.3 is 10.1 Å². The van der Waals surface area contributed by atoms with E-state index in [9.17, 15) is 0 Å². The Hall–Kier alpha value is -0.390. The fourth-order valence-corrected chi connectivity index (χ4v) is 3.59. The zero-order chi connectivity index (χ0) is 13.0. The molecular formula is C13H22BrN3O. The molecule has 2 rings (SSSR count). The molecule has 2 unspecified atom stereocenters. The fourth-order valence-electron chi connectivity index (χ4n) is 3.00. The van der Waals surface area contributed by atoms with Gasteiger partial charge in [-0.15, -0.1) is 0 Å². The molecule has 0 amide bonds. The Bertz CT molecular complexity index is 380. The summed E-state index contributed by atoms with van der Waals surface area (Å²) >= 11 is 3.65. The Kier molecular flexibility index (Phi) is 5.21. The lowest BCUT2D eigenvalue weighted by atomic mass is 9.92. The highest BCUT2D eigenvalue weighted by Gasteiger charge is 2.32. The molecule has 0 bridgehead atoms. The van der Waals surface area contributed by atoms with Crippen LogP contribution in [-0.4, -0.2) is 37.1 Å². The Morgan fingerprint density at radius 1 is 1.56 bits per heavy atom. The molecule has 0 saturated heterocycles. The maximum Gasteiger partial charge on any atom is 0.0658 e.